The molecule has 0 spiro atoms. The van der Waals surface area contributed by atoms with Crippen LogP contribution in [-0.4, -0.2) is 0 Å². The van der Waals surface area contributed by atoms with E-state index in [1.165, 1.54) is 22.3 Å². The van der Waals surface area contributed by atoms with E-state index in [1.807, 2.05) is 6.07 Å². The van der Waals surface area contributed by atoms with Gasteiger partial charge in [-0.2, -0.15) is 0 Å². The molecule has 0 nitrogen and oxygen atoms in total. The zero-order valence-electron chi connectivity index (χ0n) is 9.23. The van der Waals surface area contributed by atoms with Crippen molar-refractivity contribution in [3.8, 4) is 0 Å². The Morgan fingerprint density at radius 3 is 2.00 bits per heavy atom. The van der Waals surface area contributed by atoms with Crippen molar-refractivity contribution in [3.63, 3.8) is 0 Å². The van der Waals surface area contributed by atoms with Gasteiger partial charge in [0, 0.05) is 16.9 Å². The zero-order valence-corrected chi connectivity index (χ0v) is 9.98. The summed E-state index contributed by atoms with van der Waals surface area (Å²) in [6.45, 7) is 0. The van der Waals surface area contributed by atoms with Crippen molar-refractivity contribution < 1.29 is 0 Å². The molecular formula is C16H11Cl. The average Bonchev–Trinajstić information content (AvgIpc) is 2.39. The molecule has 0 aliphatic heterocycles. The smallest absolute Gasteiger partial charge is 0.0409 e. The Morgan fingerprint density at radius 1 is 0.706 bits per heavy atom. The first kappa shape index (κ1) is 9.49. The summed E-state index contributed by atoms with van der Waals surface area (Å²) in [5, 5.41) is 0.835. The molecule has 2 aromatic carbocycles. The molecule has 0 N–H and O–H groups in total. The molecule has 2 bridgehead atoms. The van der Waals surface area contributed by atoms with Gasteiger partial charge in [0.2, 0.25) is 0 Å². The lowest BCUT2D eigenvalue weighted by Crippen LogP contribution is -2.20. The van der Waals surface area contributed by atoms with Gasteiger partial charge in [0.05, 0.1) is 0 Å². The highest BCUT2D eigenvalue weighted by molar-refractivity contribution is 6.30. The molecule has 0 heterocycles. The summed E-state index contributed by atoms with van der Waals surface area (Å²) in [6.07, 6.45) is 4.63. The summed E-state index contributed by atoms with van der Waals surface area (Å²) in [5.41, 5.74) is 5.69. The van der Waals surface area contributed by atoms with Crippen LogP contribution in [0.2, 0.25) is 5.02 Å². The fraction of sp³-hybridized carbons (Fsp3) is 0.125. The van der Waals surface area contributed by atoms with Gasteiger partial charge in [-0.3, -0.25) is 0 Å². The molecule has 0 fully saturated rings. The van der Waals surface area contributed by atoms with Crippen LogP contribution < -0.4 is 0 Å². The Balaban J connectivity index is 2.04. The first-order valence-corrected chi connectivity index (χ1v) is 6.29. The number of hydrogen-bond acceptors (Lipinski definition) is 0. The van der Waals surface area contributed by atoms with Crippen LogP contribution >= 0.6 is 11.6 Å². The van der Waals surface area contributed by atoms with Gasteiger partial charge in [-0.1, -0.05) is 54.1 Å². The van der Waals surface area contributed by atoms with Crippen molar-refractivity contribution in [3.05, 3.63) is 81.9 Å². The molecule has 0 amide bonds. The summed E-state index contributed by atoms with van der Waals surface area (Å²) in [4.78, 5) is 0. The number of halogens is 1. The fourth-order valence-corrected chi connectivity index (χ4v) is 3.33. The van der Waals surface area contributed by atoms with E-state index in [0.29, 0.717) is 11.8 Å². The van der Waals surface area contributed by atoms with Crippen LogP contribution in [-0.2, 0) is 0 Å². The number of allylic oxidation sites excluding steroid dienone is 2. The lowest BCUT2D eigenvalue weighted by molar-refractivity contribution is 0.811. The quantitative estimate of drug-likeness (QED) is 0.594. The highest BCUT2D eigenvalue weighted by Gasteiger charge is 2.33. The van der Waals surface area contributed by atoms with Crippen LogP contribution in [0.4, 0.5) is 0 Å². The Hall–Kier alpha value is -1.53. The van der Waals surface area contributed by atoms with Crippen molar-refractivity contribution in [1.29, 1.82) is 0 Å². The van der Waals surface area contributed by atoms with Crippen molar-refractivity contribution >= 4 is 11.6 Å². The van der Waals surface area contributed by atoms with Crippen LogP contribution in [0.3, 0.4) is 0 Å². The van der Waals surface area contributed by atoms with Gasteiger partial charge in [-0.25, -0.2) is 0 Å². The molecule has 3 aliphatic carbocycles. The molecule has 5 rings (SSSR count). The summed E-state index contributed by atoms with van der Waals surface area (Å²) in [6, 6.07) is 15.0. The Bertz CT molecular complexity index is 640. The van der Waals surface area contributed by atoms with Gasteiger partial charge in [0.25, 0.3) is 0 Å². The minimum Gasteiger partial charge on any atom is -0.0843 e. The molecule has 0 unspecified atom stereocenters. The maximum absolute atomic E-state index is 6.12. The predicted octanol–water partition coefficient (Wildman–Crippen LogP) is 4.49. The van der Waals surface area contributed by atoms with Gasteiger partial charge in [-0.15, -0.1) is 0 Å². The Morgan fingerprint density at radius 2 is 1.29 bits per heavy atom. The molecular weight excluding hydrogens is 228 g/mol. The van der Waals surface area contributed by atoms with E-state index in [9.17, 15) is 0 Å². The zero-order chi connectivity index (χ0) is 11.4. The van der Waals surface area contributed by atoms with Crippen LogP contribution in [0.15, 0.2) is 54.6 Å². The Kier molecular flexibility index (Phi) is 1.81. The normalized spacial score (nSPS) is 23.4. The first-order valence-electron chi connectivity index (χ1n) is 5.91. The van der Waals surface area contributed by atoms with Crippen LogP contribution in [0.5, 0.6) is 0 Å². The lowest BCUT2D eigenvalue weighted by Gasteiger charge is -2.36. The van der Waals surface area contributed by atoms with E-state index in [0.717, 1.165) is 5.02 Å². The second kappa shape index (κ2) is 3.24. The maximum Gasteiger partial charge on any atom is 0.0409 e. The van der Waals surface area contributed by atoms with Crippen LogP contribution in [0.25, 0.3) is 0 Å². The largest absolute Gasteiger partial charge is 0.0843 e. The number of rotatable bonds is 0. The van der Waals surface area contributed by atoms with Crippen LogP contribution in [0, 0.1) is 0 Å². The summed E-state index contributed by atoms with van der Waals surface area (Å²) < 4.78 is 0. The molecule has 0 aromatic heterocycles. The van der Waals surface area contributed by atoms with E-state index in [4.69, 9.17) is 11.6 Å². The summed E-state index contributed by atoms with van der Waals surface area (Å²) >= 11 is 6.12. The van der Waals surface area contributed by atoms with Crippen molar-refractivity contribution in [2.24, 2.45) is 0 Å². The molecule has 0 saturated heterocycles. The molecule has 0 saturated carbocycles. The SMILES string of the molecule is Clc1ccc2c(c1)[C@@H]1C=C[C@H]2c2ccccc21. The predicted molar refractivity (Wildman–Crippen MR) is 70.7 cm³/mol. The molecule has 2 aromatic rings. The third kappa shape index (κ3) is 1.19. The standard InChI is InChI=1S/C16H11Cl/c17-10-5-6-14-13-7-8-15(16(14)9-10)12-4-2-1-3-11(12)13/h1-9,13,15H/t13-,15+/m0/s1. The fourth-order valence-electron chi connectivity index (χ4n) is 3.15. The van der Waals surface area contributed by atoms with Crippen molar-refractivity contribution in [2.45, 2.75) is 11.8 Å². The van der Waals surface area contributed by atoms with Gasteiger partial charge in [-0.05, 0) is 34.4 Å². The minimum absolute atomic E-state index is 0.393. The van der Waals surface area contributed by atoms with Gasteiger partial charge >= 0.3 is 0 Å². The highest BCUT2D eigenvalue weighted by atomic mass is 35.5. The van der Waals surface area contributed by atoms with E-state index in [1.54, 1.807) is 0 Å². The lowest BCUT2D eigenvalue weighted by atomic mass is 9.68. The van der Waals surface area contributed by atoms with Gasteiger partial charge < -0.3 is 0 Å². The molecule has 1 heteroatoms. The third-order valence-electron chi connectivity index (χ3n) is 3.88. The molecule has 3 aliphatic rings. The summed E-state index contributed by atoms with van der Waals surface area (Å²) in [7, 11) is 0. The maximum atomic E-state index is 6.12. The average molecular weight is 239 g/mol. The molecule has 82 valence electrons. The second-order valence-corrected chi connectivity index (χ2v) is 5.18. The third-order valence-corrected chi connectivity index (χ3v) is 4.12. The number of benzene rings is 2. The Labute approximate surface area is 106 Å². The van der Waals surface area contributed by atoms with E-state index < -0.39 is 0 Å². The first-order chi connectivity index (χ1) is 8.34. The van der Waals surface area contributed by atoms with E-state index in [2.05, 4.69) is 48.6 Å². The molecule has 2 atom stereocenters. The van der Waals surface area contributed by atoms with Gasteiger partial charge in [0.15, 0.2) is 0 Å². The summed E-state index contributed by atoms with van der Waals surface area (Å²) in [5.74, 6) is 0.813. The van der Waals surface area contributed by atoms with E-state index in [-0.39, 0.29) is 0 Å². The van der Waals surface area contributed by atoms with Gasteiger partial charge in [0.1, 0.15) is 0 Å². The van der Waals surface area contributed by atoms with Crippen molar-refractivity contribution in [2.75, 3.05) is 0 Å². The van der Waals surface area contributed by atoms with Crippen molar-refractivity contribution in [1.82, 2.24) is 0 Å². The highest BCUT2D eigenvalue weighted by Crippen LogP contribution is 2.49. The van der Waals surface area contributed by atoms with E-state index >= 15 is 0 Å². The molecule has 17 heavy (non-hydrogen) atoms. The minimum atomic E-state index is 0.393. The van der Waals surface area contributed by atoms with Crippen LogP contribution in [0.1, 0.15) is 34.1 Å². The topological polar surface area (TPSA) is 0 Å². The monoisotopic (exact) mass is 238 g/mol. The second-order valence-electron chi connectivity index (χ2n) is 4.74. The molecule has 0 radical (unpaired) electrons. The number of hydrogen-bond donors (Lipinski definition) is 0.